The lowest BCUT2D eigenvalue weighted by molar-refractivity contribution is 0.241. The van der Waals surface area contributed by atoms with Crippen LogP contribution in [0.1, 0.15) is 59.3 Å². The first-order valence-electron chi connectivity index (χ1n) is 7.00. The molecule has 1 N–H and O–H groups in total. The van der Waals surface area contributed by atoms with Crippen LogP contribution in [0.15, 0.2) is 0 Å². The van der Waals surface area contributed by atoms with Crippen molar-refractivity contribution in [2.45, 2.75) is 71.4 Å². The van der Waals surface area contributed by atoms with E-state index in [1.165, 1.54) is 32.1 Å². The van der Waals surface area contributed by atoms with E-state index >= 15 is 0 Å². The average molecular weight is 209 g/mol. The van der Waals surface area contributed by atoms with Gasteiger partial charge in [-0.15, -0.1) is 0 Å². The maximum absolute atomic E-state index is 3.84. The van der Waals surface area contributed by atoms with Crippen LogP contribution < -0.4 is 5.32 Å². The van der Waals surface area contributed by atoms with Crippen LogP contribution >= 0.6 is 0 Å². The minimum Gasteiger partial charge on any atom is -0.311 e. The Morgan fingerprint density at radius 3 is 2.33 bits per heavy atom. The molecular formula is C14H27N. The smallest absolute Gasteiger partial charge is 0.00723 e. The molecule has 2 aliphatic rings. The van der Waals surface area contributed by atoms with Crippen molar-refractivity contribution in [1.29, 1.82) is 0 Å². The zero-order chi connectivity index (χ0) is 10.8. The predicted molar refractivity (Wildman–Crippen MR) is 65.9 cm³/mol. The van der Waals surface area contributed by atoms with Crippen LogP contribution in [0.3, 0.4) is 0 Å². The van der Waals surface area contributed by atoms with Crippen molar-refractivity contribution in [2.24, 2.45) is 17.8 Å². The van der Waals surface area contributed by atoms with Crippen LogP contribution in [-0.2, 0) is 0 Å². The highest BCUT2D eigenvalue weighted by Crippen LogP contribution is 2.49. The summed E-state index contributed by atoms with van der Waals surface area (Å²) in [7, 11) is 0. The Labute approximate surface area is 95.0 Å². The second kappa shape index (κ2) is 4.86. The van der Waals surface area contributed by atoms with Crippen molar-refractivity contribution in [3.8, 4) is 0 Å². The summed E-state index contributed by atoms with van der Waals surface area (Å²) in [5, 5.41) is 3.84. The van der Waals surface area contributed by atoms with Crippen LogP contribution in [-0.4, -0.2) is 12.1 Å². The molecule has 88 valence electrons. The van der Waals surface area contributed by atoms with Gasteiger partial charge >= 0.3 is 0 Å². The summed E-state index contributed by atoms with van der Waals surface area (Å²) in [4.78, 5) is 0. The first-order valence-corrected chi connectivity index (χ1v) is 7.00. The fraction of sp³-hybridized carbons (Fsp3) is 1.00. The van der Waals surface area contributed by atoms with Gasteiger partial charge in [0.15, 0.2) is 0 Å². The molecule has 1 heteroatoms. The molecule has 2 saturated carbocycles. The average Bonchev–Trinajstić information content (AvgIpc) is 2.87. The Balaban J connectivity index is 1.83. The zero-order valence-corrected chi connectivity index (χ0v) is 10.6. The highest BCUT2D eigenvalue weighted by Gasteiger charge is 2.41. The number of rotatable bonds is 5. The van der Waals surface area contributed by atoms with Gasteiger partial charge in [0.2, 0.25) is 0 Å². The molecule has 2 rings (SSSR count). The molecule has 2 fully saturated rings. The Kier molecular flexibility index (Phi) is 3.71. The highest BCUT2D eigenvalue weighted by molar-refractivity contribution is 4.94. The van der Waals surface area contributed by atoms with Crippen molar-refractivity contribution in [1.82, 2.24) is 5.32 Å². The van der Waals surface area contributed by atoms with E-state index in [0.29, 0.717) is 0 Å². The summed E-state index contributed by atoms with van der Waals surface area (Å²) in [5.41, 5.74) is 0. The van der Waals surface area contributed by atoms with E-state index in [1.807, 2.05) is 0 Å². The topological polar surface area (TPSA) is 12.0 Å². The number of hydrogen-bond acceptors (Lipinski definition) is 1. The van der Waals surface area contributed by atoms with Crippen molar-refractivity contribution in [3.63, 3.8) is 0 Å². The largest absolute Gasteiger partial charge is 0.311 e. The lowest BCUT2D eigenvalue weighted by atomic mass is 9.83. The lowest BCUT2D eigenvalue weighted by Gasteiger charge is -2.31. The molecule has 15 heavy (non-hydrogen) atoms. The molecular weight excluding hydrogens is 182 g/mol. The van der Waals surface area contributed by atoms with E-state index in [4.69, 9.17) is 0 Å². The molecule has 0 amide bonds. The Bertz CT molecular complexity index is 198. The van der Waals surface area contributed by atoms with E-state index < -0.39 is 0 Å². The second-order valence-electron chi connectivity index (χ2n) is 5.81. The minimum absolute atomic E-state index is 0.749. The summed E-state index contributed by atoms with van der Waals surface area (Å²) in [6.45, 7) is 7.02. The van der Waals surface area contributed by atoms with E-state index in [0.717, 1.165) is 29.8 Å². The van der Waals surface area contributed by atoms with Crippen molar-refractivity contribution in [3.05, 3.63) is 0 Å². The van der Waals surface area contributed by atoms with Gasteiger partial charge in [-0.3, -0.25) is 0 Å². The third kappa shape index (κ3) is 2.38. The third-order valence-corrected chi connectivity index (χ3v) is 4.92. The van der Waals surface area contributed by atoms with Gasteiger partial charge < -0.3 is 5.32 Å². The molecule has 0 aromatic rings. The van der Waals surface area contributed by atoms with Crippen LogP contribution in [0.2, 0.25) is 0 Å². The van der Waals surface area contributed by atoms with Gasteiger partial charge in [0, 0.05) is 12.1 Å². The molecule has 4 atom stereocenters. The van der Waals surface area contributed by atoms with Gasteiger partial charge in [0.1, 0.15) is 0 Å². The Hall–Kier alpha value is -0.0400. The quantitative estimate of drug-likeness (QED) is 0.729. The van der Waals surface area contributed by atoms with E-state index in [-0.39, 0.29) is 0 Å². The molecule has 2 bridgehead atoms. The molecule has 1 nitrogen and oxygen atoms in total. The van der Waals surface area contributed by atoms with Gasteiger partial charge in [0.05, 0.1) is 0 Å². The summed E-state index contributed by atoms with van der Waals surface area (Å²) in [6.07, 6.45) is 8.66. The second-order valence-corrected chi connectivity index (χ2v) is 5.81. The summed E-state index contributed by atoms with van der Waals surface area (Å²) in [6, 6.07) is 1.50. The number of nitrogens with one attached hydrogen (secondary N) is 1. The van der Waals surface area contributed by atoms with Gasteiger partial charge in [-0.05, 0) is 56.8 Å². The molecule has 4 unspecified atom stereocenters. The van der Waals surface area contributed by atoms with Crippen LogP contribution in [0.4, 0.5) is 0 Å². The highest BCUT2D eigenvalue weighted by atomic mass is 15.0. The zero-order valence-electron chi connectivity index (χ0n) is 10.6. The Morgan fingerprint density at radius 2 is 1.87 bits per heavy atom. The summed E-state index contributed by atoms with van der Waals surface area (Å²) < 4.78 is 0. The van der Waals surface area contributed by atoms with Gasteiger partial charge in [-0.25, -0.2) is 0 Å². The van der Waals surface area contributed by atoms with Gasteiger partial charge in [0.25, 0.3) is 0 Å². The third-order valence-electron chi connectivity index (χ3n) is 4.92. The monoisotopic (exact) mass is 209 g/mol. The van der Waals surface area contributed by atoms with Crippen LogP contribution in [0.25, 0.3) is 0 Å². The first kappa shape index (κ1) is 11.4. The molecule has 0 heterocycles. The Morgan fingerprint density at radius 1 is 1.13 bits per heavy atom. The van der Waals surface area contributed by atoms with Gasteiger partial charge in [-0.2, -0.15) is 0 Å². The molecule has 0 aromatic carbocycles. The molecule has 2 aliphatic carbocycles. The molecule has 0 spiro atoms. The molecule has 0 aliphatic heterocycles. The molecule has 0 saturated heterocycles. The first-order chi connectivity index (χ1) is 7.24. The maximum atomic E-state index is 3.84. The van der Waals surface area contributed by atoms with Crippen molar-refractivity contribution < 1.29 is 0 Å². The normalized spacial score (nSPS) is 36.4. The SMILES string of the molecule is CCC(CC)NC(C)C1CC2CCC1C2. The van der Waals surface area contributed by atoms with Gasteiger partial charge in [-0.1, -0.05) is 20.3 Å². The van der Waals surface area contributed by atoms with E-state index in [9.17, 15) is 0 Å². The minimum atomic E-state index is 0.749. The summed E-state index contributed by atoms with van der Waals surface area (Å²) in [5.74, 6) is 3.14. The lowest BCUT2D eigenvalue weighted by Crippen LogP contribution is -2.42. The number of hydrogen-bond donors (Lipinski definition) is 1. The van der Waals surface area contributed by atoms with Crippen molar-refractivity contribution >= 4 is 0 Å². The van der Waals surface area contributed by atoms with Crippen LogP contribution in [0.5, 0.6) is 0 Å². The van der Waals surface area contributed by atoms with Crippen molar-refractivity contribution in [2.75, 3.05) is 0 Å². The fourth-order valence-electron chi connectivity index (χ4n) is 3.93. The molecule has 0 radical (unpaired) electrons. The summed E-state index contributed by atoms with van der Waals surface area (Å²) >= 11 is 0. The standard InChI is InChI=1S/C14H27N/c1-4-13(5-2)15-10(3)14-9-11-6-7-12(14)8-11/h10-15H,4-9H2,1-3H3. The maximum Gasteiger partial charge on any atom is 0.00723 e. The van der Waals surface area contributed by atoms with Crippen LogP contribution in [0, 0.1) is 17.8 Å². The van der Waals surface area contributed by atoms with E-state index in [1.54, 1.807) is 6.42 Å². The predicted octanol–water partition coefficient (Wildman–Crippen LogP) is 3.59. The fourth-order valence-corrected chi connectivity index (χ4v) is 3.93. The number of fused-ring (bicyclic) bond motifs is 2. The van der Waals surface area contributed by atoms with E-state index in [2.05, 4.69) is 26.1 Å². The molecule has 0 aromatic heterocycles.